The quantitative estimate of drug-likeness (QED) is 0.807. The van der Waals surface area contributed by atoms with E-state index in [1.807, 2.05) is 0 Å². The van der Waals surface area contributed by atoms with Gasteiger partial charge in [0.1, 0.15) is 0 Å². The molecule has 1 heterocycles. The molecule has 18 heavy (non-hydrogen) atoms. The van der Waals surface area contributed by atoms with E-state index in [1.165, 1.54) is 0 Å². The molecular weight excluding hydrogens is 295 g/mol. The molecule has 1 aromatic rings. The lowest BCUT2D eigenvalue weighted by Crippen LogP contribution is -2.11. The average molecular weight is 307 g/mol. The Bertz CT molecular complexity index is 581. The number of ketones is 1. The summed E-state index contributed by atoms with van der Waals surface area (Å²) >= 11 is 11.8. The van der Waals surface area contributed by atoms with Crippen molar-refractivity contribution in [2.45, 2.75) is 12.8 Å². The summed E-state index contributed by atoms with van der Waals surface area (Å²) in [5.74, 6) is 0.0210. The molecule has 1 saturated heterocycles. The lowest BCUT2D eigenvalue weighted by Gasteiger charge is -2.08. The third-order valence-corrected chi connectivity index (χ3v) is 5.71. The van der Waals surface area contributed by atoms with Gasteiger partial charge in [0.15, 0.2) is 15.6 Å². The SMILES string of the molecule is O=C(CC1CCS(=O)(=O)C1)c1cccc(Cl)c1Cl. The van der Waals surface area contributed by atoms with Crippen molar-refractivity contribution in [1.29, 1.82) is 0 Å². The fourth-order valence-corrected chi connectivity index (χ4v) is 4.39. The number of carbonyl (C=O) groups excluding carboxylic acids is 1. The maximum absolute atomic E-state index is 12.0. The van der Waals surface area contributed by atoms with Crippen LogP contribution in [0.2, 0.25) is 10.0 Å². The average Bonchev–Trinajstić information content (AvgIpc) is 2.62. The Morgan fingerprint density at radius 2 is 2.06 bits per heavy atom. The van der Waals surface area contributed by atoms with Crippen LogP contribution < -0.4 is 0 Å². The van der Waals surface area contributed by atoms with E-state index in [2.05, 4.69) is 0 Å². The van der Waals surface area contributed by atoms with Crippen molar-refractivity contribution < 1.29 is 13.2 Å². The number of sulfone groups is 1. The van der Waals surface area contributed by atoms with Crippen LogP contribution in [0.5, 0.6) is 0 Å². The first-order valence-corrected chi connectivity index (χ1v) is 8.14. The molecule has 1 aromatic carbocycles. The Hall–Kier alpha value is -0.580. The molecule has 0 bridgehead atoms. The molecule has 0 amide bonds. The zero-order chi connectivity index (χ0) is 13.3. The van der Waals surface area contributed by atoms with Crippen LogP contribution in [0, 0.1) is 5.92 Å². The topological polar surface area (TPSA) is 51.2 Å². The molecule has 0 saturated carbocycles. The van der Waals surface area contributed by atoms with E-state index in [9.17, 15) is 13.2 Å². The van der Waals surface area contributed by atoms with Crippen LogP contribution in [-0.4, -0.2) is 25.7 Å². The number of hydrogen-bond donors (Lipinski definition) is 0. The van der Waals surface area contributed by atoms with Gasteiger partial charge in [-0.1, -0.05) is 29.3 Å². The van der Waals surface area contributed by atoms with Gasteiger partial charge in [0.25, 0.3) is 0 Å². The molecule has 1 atom stereocenters. The molecule has 1 fully saturated rings. The lowest BCUT2D eigenvalue weighted by molar-refractivity contribution is 0.0966. The standard InChI is InChI=1S/C12H12Cl2O3S/c13-10-3-1-2-9(12(10)14)11(15)6-8-4-5-18(16,17)7-8/h1-3,8H,4-7H2. The number of benzene rings is 1. The molecule has 0 radical (unpaired) electrons. The summed E-state index contributed by atoms with van der Waals surface area (Å²) in [6.07, 6.45) is 0.756. The number of carbonyl (C=O) groups is 1. The first-order chi connectivity index (χ1) is 8.39. The Balaban J connectivity index is 2.11. The highest BCUT2D eigenvalue weighted by Gasteiger charge is 2.30. The van der Waals surface area contributed by atoms with Crippen molar-refractivity contribution in [3.63, 3.8) is 0 Å². The Kier molecular flexibility index (Phi) is 3.99. The van der Waals surface area contributed by atoms with Gasteiger partial charge >= 0.3 is 0 Å². The van der Waals surface area contributed by atoms with E-state index in [1.54, 1.807) is 18.2 Å². The van der Waals surface area contributed by atoms with Crippen LogP contribution in [0.1, 0.15) is 23.2 Å². The van der Waals surface area contributed by atoms with Crippen molar-refractivity contribution in [1.82, 2.24) is 0 Å². The first kappa shape index (κ1) is 13.8. The van der Waals surface area contributed by atoms with Crippen LogP contribution in [0.15, 0.2) is 18.2 Å². The number of Topliss-reactive ketones (excluding diaryl/α,β-unsaturated/α-hetero) is 1. The second-order valence-electron chi connectivity index (χ2n) is 4.50. The van der Waals surface area contributed by atoms with E-state index in [0.29, 0.717) is 17.0 Å². The number of hydrogen-bond acceptors (Lipinski definition) is 3. The van der Waals surface area contributed by atoms with Gasteiger partial charge in [-0.2, -0.15) is 0 Å². The molecule has 1 unspecified atom stereocenters. The largest absolute Gasteiger partial charge is 0.294 e. The molecule has 0 aliphatic carbocycles. The molecular formula is C12H12Cl2O3S. The monoisotopic (exact) mass is 306 g/mol. The van der Waals surface area contributed by atoms with Gasteiger partial charge in [0.05, 0.1) is 21.6 Å². The predicted octanol–water partition coefficient (Wildman–Crippen LogP) is 3.00. The highest BCUT2D eigenvalue weighted by molar-refractivity contribution is 7.91. The van der Waals surface area contributed by atoms with Gasteiger partial charge in [0.2, 0.25) is 0 Å². The van der Waals surface area contributed by atoms with Gasteiger partial charge in [-0.15, -0.1) is 0 Å². The van der Waals surface area contributed by atoms with E-state index in [-0.39, 0.29) is 34.7 Å². The van der Waals surface area contributed by atoms with Gasteiger partial charge in [-0.25, -0.2) is 8.42 Å². The first-order valence-electron chi connectivity index (χ1n) is 5.57. The summed E-state index contributed by atoms with van der Waals surface area (Å²) in [5.41, 5.74) is 0.369. The molecule has 0 N–H and O–H groups in total. The van der Waals surface area contributed by atoms with Gasteiger partial charge in [-0.05, 0) is 24.5 Å². The molecule has 0 aromatic heterocycles. The Labute approximate surface area is 116 Å². The van der Waals surface area contributed by atoms with Crippen LogP contribution in [0.4, 0.5) is 0 Å². The maximum Gasteiger partial charge on any atom is 0.164 e. The second kappa shape index (κ2) is 5.19. The molecule has 1 aliphatic heterocycles. The van der Waals surface area contributed by atoms with Crippen LogP contribution >= 0.6 is 23.2 Å². The number of halogens is 2. The van der Waals surface area contributed by atoms with E-state index >= 15 is 0 Å². The van der Waals surface area contributed by atoms with Gasteiger partial charge in [0, 0.05) is 12.0 Å². The predicted molar refractivity (Wildman–Crippen MR) is 72.2 cm³/mol. The van der Waals surface area contributed by atoms with E-state index in [0.717, 1.165) is 0 Å². The summed E-state index contributed by atoms with van der Waals surface area (Å²) in [7, 11) is -2.95. The third kappa shape index (κ3) is 3.05. The highest BCUT2D eigenvalue weighted by Crippen LogP contribution is 2.29. The highest BCUT2D eigenvalue weighted by atomic mass is 35.5. The summed E-state index contributed by atoms with van der Waals surface area (Å²) in [6, 6.07) is 4.88. The van der Waals surface area contributed by atoms with Gasteiger partial charge < -0.3 is 0 Å². The second-order valence-corrected chi connectivity index (χ2v) is 7.51. The van der Waals surface area contributed by atoms with E-state index in [4.69, 9.17) is 23.2 Å². The summed E-state index contributed by atoms with van der Waals surface area (Å²) in [6.45, 7) is 0. The van der Waals surface area contributed by atoms with Gasteiger partial charge in [-0.3, -0.25) is 4.79 Å². The molecule has 1 aliphatic rings. The third-order valence-electron chi connectivity index (χ3n) is 3.05. The minimum atomic E-state index is -2.95. The van der Waals surface area contributed by atoms with Crippen molar-refractivity contribution in [3.05, 3.63) is 33.8 Å². The maximum atomic E-state index is 12.0. The fourth-order valence-electron chi connectivity index (χ4n) is 2.12. The Morgan fingerprint density at radius 1 is 1.33 bits per heavy atom. The zero-order valence-electron chi connectivity index (χ0n) is 9.53. The van der Waals surface area contributed by atoms with E-state index < -0.39 is 9.84 Å². The molecule has 6 heteroatoms. The zero-order valence-corrected chi connectivity index (χ0v) is 11.9. The Morgan fingerprint density at radius 3 is 2.67 bits per heavy atom. The van der Waals surface area contributed by atoms with Crippen molar-refractivity contribution in [2.24, 2.45) is 5.92 Å². The fraction of sp³-hybridized carbons (Fsp3) is 0.417. The summed E-state index contributed by atoms with van der Waals surface area (Å²) in [4.78, 5) is 12.0. The van der Waals surface area contributed by atoms with Crippen LogP contribution in [0.3, 0.4) is 0 Å². The van der Waals surface area contributed by atoms with Crippen LogP contribution in [0.25, 0.3) is 0 Å². The van der Waals surface area contributed by atoms with Crippen molar-refractivity contribution >= 4 is 38.8 Å². The van der Waals surface area contributed by atoms with Crippen molar-refractivity contribution in [2.75, 3.05) is 11.5 Å². The molecule has 2 rings (SSSR count). The summed E-state index contributed by atoms with van der Waals surface area (Å²) < 4.78 is 22.6. The molecule has 3 nitrogen and oxygen atoms in total. The summed E-state index contributed by atoms with van der Waals surface area (Å²) in [5, 5.41) is 0.576. The lowest BCUT2D eigenvalue weighted by atomic mass is 9.98. The minimum absolute atomic E-state index is 0.0942. The molecule has 0 spiro atoms. The van der Waals surface area contributed by atoms with Crippen molar-refractivity contribution in [3.8, 4) is 0 Å². The normalized spacial score (nSPS) is 22.0. The number of rotatable bonds is 3. The smallest absolute Gasteiger partial charge is 0.164 e. The molecule has 98 valence electrons. The minimum Gasteiger partial charge on any atom is -0.294 e. The van der Waals surface area contributed by atoms with Crippen LogP contribution in [-0.2, 0) is 9.84 Å².